The molecule has 2 N–H and O–H groups in total. The van der Waals surface area contributed by atoms with Crippen molar-refractivity contribution in [3.8, 4) is 0 Å². The fourth-order valence-corrected chi connectivity index (χ4v) is 1.34. The number of carboxylic acids is 1. The molecule has 1 aromatic carbocycles. The van der Waals surface area contributed by atoms with Crippen LogP contribution in [0.4, 0.5) is 32.0 Å². The van der Waals surface area contributed by atoms with Gasteiger partial charge in [-0.2, -0.15) is 26.3 Å². The number of rotatable bonds is 4. The lowest BCUT2D eigenvalue weighted by molar-refractivity contribution is -0.190. The molecule has 1 aromatic rings. The minimum absolute atomic E-state index is 0.0338. The molecule has 0 amide bonds. The number of halogens is 6. The third-order valence-corrected chi connectivity index (χ3v) is 2.42. The molecule has 0 fully saturated rings. The van der Waals surface area contributed by atoms with E-state index in [1.165, 1.54) is 0 Å². The average Bonchev–Trinajstić information content (AvgIpc) is 2.26. The summed E-state index contributed by atoms with van der Waals surface area (Å²) in [5, 5.41) is 10.6. The van der Waals surface area contributed by atoms with Gasteiger partial charge in [0.25, 0.3) is 0 Å². The van der Waals surface area contributed by atoms with Gasteiger partial charge in [-0.05, 0) is 24.3 Å². The SMILES string of the molecule is O=C(O)C(CNc1ccc(C(F)(F)F)cc1)C(F)(F)F. The number of hydrogen-bond donors (Lipinski definition) is 2. The van der Waals surface area contributed by atoms with Crippen LogP contribution in [0.5, 0.6) is 0 Å². The molecule has 0 heterocycles. The van der Waals surface area contributed by atoms with E-state index in [1.54, 1.807) is 0 Å². The van der Waals surface area contributed by atoms with Gasteiger partial charge >= 0.3 is 18.3 Å². The number of carboxylic acid groups (broad SMARTS) is 1. The van der Waals surface area contributed by atoms with E-state index >= 15 is 0 Å². The number of nitrogens with one attached hydrogen (secondary N) is 1. The van der Waals surface area contributed by atoms with Gasteiger partial charge in [0.1, 0.15) is 0 Å². The molecule has 0 aliphatic heterocycles. The van der Waals surface area contributed by atoms with Crippen LogP contribution in [0.2, 0.25) is 0 Å². The Morgan fingerprint density at radius 1 is 1.10 bits per heavy atom. The third kappa shape index (κ3) is 4.32. The first-order valence-corrected chi connectivity index (χ1v) is 5.22. The molecule has 0 aromatic heterocycles. The minimum atomic E-state index is -4.94. The largest absolute Gasteiger partial charge is 0.481 e. The van der Waals surface area contributed by atoms with E-state index < -0.39 is 36.3 Å². The van der Waals surface area contributed by atoms with E-state index in [9.17, 15) is 31.1 Å². The Balaban J connectivity index is 2.73. The molecule has 0 saturated heterocycles. The third-order valence-electron chi connectivity index (χ3n) is 2.42. The topological polar surface area (TPSA) is 49.3 Å². The molecule has 0 aliphatic rings. The smallest absolute Gasteiger partial charge is 0.416 e. The monoisotopic (exact) mass is 301 g/mol. The van der Waals surface area contributed by atoms with Gasteiger partial charge in [-0.3, -0.25) is 4.79 Å². The van der Waals surface area contributed by atoms with Crippen molar-refractivity contribution in [2.24, 2.45) is 5.92 Å². The van der Waals surface area contributed by atoms with Crippen LogP contribution in [0.25, 0.3) is 0 Å². The lowest BCUT2D eigenvalue weighted by atomic mass is 10.1. The highest BCUT2D eigenvalue weighted by Gasteiger charge is 2.44. The number of hydrogen-bond acceptors (Lipinski definition) is 2. The molecule has 112 valence electrons. The summed E-state index contributed by atoms with van der Waals surface area (Å²) in [7, 11) is 0. The second-order valence-electron chi connectivity index (χ2n) is 3.89. The van der Waals surface area contributed by atoms with E-state index in [1.807, 2.05) is 0 Å². The zero-order valence-corrected chi connectivity index (χ0v) is 9.72. The Morgan fingerprint density at radius 2 is 1.60 bits per heavy atom. The molecular weight excluding hydrogens is 292 g/mol. The Hall–Kier alpha value is -1.93. The molecule has 0 spiro atoms. The second kappa shape index (κ2) is 5.59. The van der Waals surface area contributed by atoms with E-state index in [-0.39, 0.29) is 5.69 Å². The molecule has 0 aliphatic carbocycles. The highest BCUT2D eigenvalue weighted by Crippen LogP contribution is 2.30. The van der Waals surface area contributed by atoms with Crippen molar-refractivity contribution in [1.29, 1.82) is 0 Å². The van der Waals surface area contributed by atoms with Crippen LogP contribution < -0.4 is 5.32 Å². The second-order valence-corrected chi connectivity index (χ2v) is 3.89. The first-order chi connectivity index (χ1) is 9.01. The highest BCUT2D eigenvalue weighted by molar-refractivity contribution is 5.71. The van der Waals surface area contributed by atoms with Crippen molar-refractivity contribution in [3.63, 3.8) is 0 Å². The van der Waals surface area contributed by atoms with Gasteiger partial charge in [-0.25, -0.2) is 0 Å². The maximum Gasteiger partial charge on any atom is 0.416 e. The molecule has 0 saturated carbocycles. The van der Waals surface area contributed by atoms with Gasteiger partial charge in [0.05, 0.1) is 5.56 Å². The van der Waals surface area contributed by atoms with Gasteiger partial charge in [-0.15, -0.1) is 0 Å². The summed E-state index contributed by atoms with van der Waals surface area (Å²) in [5.41, 5.74) is -0.984. The number of carbonyl (C=O) groups is 1. The van der Waals surface area contributed by atoms with Crippen molar-refractivity contribution < 1.29 is 36.2 Å². The van der Waals surface area contributed by atoms with Crippen molar-refractivity contribution in [1.82, 2.24) is 0 Å². The molecule has 20 heavy (non-hydrogen) atoms. The van der Waals surface area contributed by atoms with Gasteiger partial charge in [-0.1, -0.05) is 0 Å². The van der Waals surface area contributed by atoms with Crippen LogP contribution >= 0.6 is 0 Å². The summed E-state index contributed by atoms with van der Waals surface area (Å²) < 4.78 is 73.7. The van der Waals surface area contributed by atoms with Crippen LogP contribution in [-0.2, 0) is 11.0 Å². The lowest BCUT2D eigenvalue weighted by Gasteiger charge is -2.17. The normalized spacial score (nSPS) is 13.9. The minimum Gasteiger partial charge on any atom is -0.481 e. The Morgan fingerprint density at radius 3 is 1.95 bits per heavy atom. The van der Waals surface area contributed by atoms with Crippen LogP contribution in [0.1, 0.15) is 5.56 Å². The van der Waals surface area contributed by atoms with Crippen LogP contribution in [0.3, 0.4) is 0 Å². The zero-order valence-electron chi connectivity index (χ0n) is 9.72. The maximum atomic E-state index is 12.3. The van der Waals surface area contributed by atoms with Crippen LogP contribution in [0, 0.1) is 5.92 Å². The molecule has 9 heteroatoms. The number of benzene rings is 1. The van der Waals surface area contributed by atoms with Gasteiger partial charge in [0.15, 0.2) is 5.92 Å². The zero-order chi connectivity index (χ0) is 15.6. The van der Waals surface area contributed by atoms with E-state index in [4.69, 9.17) is 5.11 Å². The number of aliphatic carboxylic acids is 1. The standard InChI is InChI=1S/C11H9F6NO2/c12-10(13,14)6-1-3-7(4-2-6)18-5-8(9(19)20)11(15,16)17/h1-4,8,18H,5H2,(H,19,20). The summed E-state index contributed by atoms with van der Waals surface area (Å²) in [6.07, 6.45) is -9.49. The van der Waals surface area contributed by atoms with Crippen molar-refractivity contribution >= 4 is 11.7 Å². The molecule has 1 atom stereocenters. The van der Waals surface area contributed by atoms with Gasteiger partial charge in [0.2, 0.25) is 0 Å². The van der Waals surface area contributed by atoms with Gasteiger partial charge < -0.3 is 10.4 Å². The molecule has 0 radical (unpaired) electrons. The predicted molar refractivity (Wildman–Crippen MR) is 57.1 cm³/mol. The molecular formula is C11H9F6NO2. The van der Waals surface area contributed by atoms with E-state index in [2.05, 4.69) is 5.32 Å². The summed E-state index contributed by atoms with van der Waals surface area (Å²) in [6, 6.07) is 3.23. The number of anilines is 1. The molecule has 1 rings (SSSR count). The summed E-state index contributed by atoms with van der Waals surface area (Å²) in [6.45, 7) is -0.968. The van der Waals surface area contributed by atoms with Crippen molar-refractivity contribution in [3.05, 3.63) is 29.8 Å². The highest BCUT2D eigenvalue weighted by atomic mass is 19.4. The Kier molecular flexibility index (Phi) is 4.51. The molecule has 0 bridgehead atoms. The van der Waals surface area contributed by atoms with Crippen LogP contribution in [-0.4, -0.2) is 23.8 Å². The quantitative estimate of drug-likeness (QED) is 0.838. The molecule has 1 unspecified atom stereocenters. The fraction of sp³-hybridized carbons (Fsp3) is 0.364. The average molecular weight is 301 g/mol. The van der Waals surface area contributed by atoms with E-state index in [0.717, 1.165) is 12.1 Å². The Bertz CT molecular complexity index is 465. The predicted octanol–water partition coefficient (Wildman–Crippen LogP) is 3.38. The van der Waals surface area contributed by atoms with E-state index in [0.29, 0.717) is 12.1 Å². The molecule has 3 nitrogen and oxygen atoms in total. The summed E-state index contributed by atoms with van der Waals surface area (Å²) in [4.78, 5) is 10.4. The number of alkyl halides is 6. The van der Waals surface area contributed by atoms with Crippen molar-refractivity contribution in [2.45, 2.75) is 12.4 Å². The van der Waals surface area contributed by atoms with Crippen LogP contribution in [0.15, 0.2) is 24.3 Å². The Labute approximate surface area is 109 Å². The van der Waals surface area contributed by atoms with Gasteiger partial charge in [0, 0.05) is 12.2 Å². The maximum absolute atomic E-state index is 12.3. The van der Waals surface area contributed by atoms with Crippen molar-refractivity contribution in [2.75, 3.05) is 11.9 Å². The first kappa shape index (κ1) is 16.1. The first-order valence-electron chi connectivity index (χ1n) is 5.22. The summed E-state index contributed by atoms with van der Waals surface area (Å²) >= 11 is 0. The summed E-state index contributed by atoms with van der Waals surface area (Å²) in [5.74, 6) is -4.69. The lowest BCUT2D eigenvalue weighted by Crippen LogP contribution is -2.36. The fourth-order valence-electron chi connectivity index (χ4n) is 1.34.